The van der Waals surface area contributed by atoms with Crippen molar-refractivity contribution in [3.63, 3.8) is 0 Å². The van der Waals surface area contributed by atoms with Gasteiger partial charge in [-0.15, -0.1) is 11.3 Å². The number of thiazole rings is 1. The van der Waals surface area contributed by atoms with Crippen LogP contribution in [0.4, 0.5) is 10.8 Å². The molecule has 0 fully saturated rings. The summed E-state index contributed by atoms with van der Waals surface area (Å²) in [6.45, 7) is 7.40. The van der Waals surface area contributed by atoms with Crippen LogP contribution in [0.15, 0.2) is 47.8 Å². The first-order valence-electron chi connectivity index (χ1n) is 9.97. The van der Waals surface area contributed by atoms with Gasteiger partial charge in [-0.1, -0.05) is 63.1 Å². The van der Waals surface area contributed by atoms with E-state index in [1.54, 1.807) is 11.3 Å². The fraction of sp³-hybridized carbons (Fsp3) is 0.409. The number of rotatable bonds is 11. The third-order valence-corrected chi connectivity index (χ3v) is 5.39. The Morgan fingerprint density at radius 1 is 1.00 bits per heavy atom. The van der Waals surface area contributed by atoms with Crippen molar-refractivity contribution in [1.29, 1.82) is 0 Å². The lowest BCUT2D eigenvalue weighted by atomic mass is 10.1. The molecule has 0 aliphatic carbocycles. The normalized spacial score (nSPS) is 11.4. The van der Waals surface area contributed by atoms with Gasteiger partial charge < -0.3 is 5.32 Å². The van der Waals surface area contributed by atoms with Crippen LogP contribution in [-0.4, -0.2) is 23.1 Å². The summed E-state index contributed by atoms with van der Waals surface area (Å²) in [4.78, 5) is 4.81. The van der Waals surface area contributed by atoms with E-state index in [2.05, 4.69) is 77.4 Å². The van der Waals surface area contributed by atoms with Crippen LogP contribution in [0.1, 0.15) is 45.2 Å². The molecular formula is C22H30N4S. The van der Waals surface area contributed by atoms with Crippen molar-refractivity contribution in [1.82, 2.24) is 15.4 Å². The minimum atomic E-state index is 0.845. The highest BCUT2D eigenvalue weighted by atomic mass is 32.1. The molecule has 4 nitrogen and oxygen atoms in total. The van der Waals surface area contributed by atoms with Crippen molar-refractivity contribution in [2.24, 2.45) is 0 Å². The Hall–Kier alpha value is -1.95. The fourth-order valence-electron chi connectivity index (χ4n) is 3.06. The minimum absolute atomic E-state index is 0.845. The molecule has 144 valence electrons. The van der Waals surface area contributed by atoms with Gasteiger partial charge in [-0.2, -0.15) is 0 Å². The molecule has 3 aromatic rings. The van der Waals surface area contributed by atoms with Gasteiger partial charge in [0.2, 0.25) is 0 Å². The van der Waals surface area contributed by atoms with Crippen LogP contribution in [0.5, 0.6) is 0 Å². The maximum Gasteiger partial charge on any atom is 0.187 e. The van der Waals surface area contributed by atoms with E-state index in [1.165, 1.54) is 36.5 Å². The molecule has 0 saturated heterocycles. The predicted molar refractivity (Wildman–Crippen MR) is 118 cm³/mol. The third kappa shape index (κ3) is 5.76. The highest BCUT2D eigenvalue weighted by Gasteiger charge is 2.09. The summed E-state index contributed by atoms with van der Waals surface area (Å²) in [5.41, 5.74) is 5.79. The second-order valence-corrected chi connectivity index (χ2v) is 7.69. The lowest BCUT2D eigenvalue weighted by Gasteiger charge is -2.22. The molecule has 0 atom stereocenters. The van der Waals surface area contributed by atoms with Gasteiger partial charge in [0.1, 0.15) is 0 Å². The van der Waals surface area contributed by atoms with Crippen LogP contribution in [-0.2, 0) is 6.54 Å². The molecule has 0 aliphatic rings. The van der Waals surface area contributed by atoms with Crippen molar-refractivity contribution >= 4 is 32.9 Å². The molecule has 5 heteroatoms. The summed E-state index contributed by atoms with van der Waals surface area (Å²) in [6.07, 6.45) is 4.82. The first-order valence-corrected chi connectivity index (χ1v) is 10.9. The van der Waals surface area contributed by atoms with Crippen LogP contribution in [0, 0.1) is 0 Å². The smallest absolute Gasteiger partial charge is 0.187 e. The predicted octanol–water partition coefficient (Wildman–Crippen LogP) is 5.95. The van der Waals surface area contributed by atoms with Crippen LogP contribution in [0.3, 0.4) is 0 Å². The molecule has 0 radical (unpaired) electrons. The Kier molecular flexibility index (Phi) is 7.63. The Balaban J connectivity index is 1.66. The molecule has 0 saturated carbocycles. The molecular weight excluding hydrogens is 352 g/mol. The minimum Gasteiger partial charge on any atom is -0.331 e. The monoisotopic (exact) mass is 382 g/mol. The largest absolute Gasteiger partial charge is 0.331 e. The van der Waals surface area contributed by atoms with E-state index in [0.29, 0.717) is 0 Å². The summed E-state index contributed by atoms with van der Waals surface area (Å²) >= 11 is 1.67. The highest BCUT2D eigenvalue weighted by molar-refractivity contribution is 7.13. The molecule has 2 aromatic carbocycles. The quantitative estimate of drug-likeness (QED) is 0.318. The molecule has 0 amide bonds. The zero-order chi connectivity index (χ0) is 18.9. The number of hydrogen-bond donors (Lipinski definition) is 2. The number of nitrogens with one attached hydrogen (secondary N) is 2. The van der Waals surface area contributed by atoms with E-state index < -0.39 is 0 Å². The first-order chi connectivity index (χ1) is 13.3. The zero-order valence-electron chi connectivity index (χ0n) is 16.4. The van der Waals surface area contributed by atoms with E-state index >= 15 is 0 Å². The molecule has 0 spiro atoms. The van der Waals surface area contributed by atoms with Gasteiger partial charge in [0.05, 0.1) is 12.2 Å². The zero-order valence-corrected chi connectivity index (χ0v) is 17.2. The van der Waals surface area contributed by atoms with Crippen LogP contribution in [0.25, 0.3) is 10.8 Å². The summed E-state index contributed by atoms with van der Waals surface area (Å²) in [7, 11) is 0. The second-order valence-electron chi connectivity index (χ2n) is 6.83. The van der Waals surface area contributed by atoms with Gasteiger partial charge >= 0.3 is 0 Å². The van der Waals surface area contributed by atoms with E-state index in [-0.39, 0.29) is 0 Å². The Morgan fingerprint density at radius 2 is 1.81 bits per heavy atom. The van der Waals surface area contributed by atoms with E-state index in [1.807, 2.05) is 0 Å². The number of fused-ring (bicyclic) bond motifs is 1. The van der Waals surface area contributed by atoms with E-state index in [9.17, 15) is 0 Å². The van der Waals surface area contributed by atoms with Crippen LogP contribution >= 0.6 is 11.3 Å². The molecule has 3 rings (SSSR count). The topological polar surface area (TPSA) is 40.2 Å². The van der Waals surface area contributed by atoms with Crippen molar-refractivity contribution < 1.29 is 0 Å². The number of benzene rings is 2. The number of hydrogen-bond acceptors (Lipinski definition) is 5. The molecule has 1 aromatic heterocycles. The Morgan fingerprint density at radius 3 is 2.67 bits per heavy atom. The van der Waals surface area contributed by atoms with Crippen molar-refractivity contribution in [3.8, 4) is 0 Å². The molecule has 0 unspecified atom stereocenters. The van der Waals surface area contributed by atoms with Gasteiger partial charge in [-0.25, -0.2) is 9.99 Å². The molecule has 0 aliphatic heterocycles. The number of anilines is 2. The second kappa shape index (κ2) is 10.4. The average Bonchev–Trinajstić information content (AvgIpc) is 3.13. The van der Waals surface area contributed by atoms with E-state index in [4.69, 9.17) is 4.98 Å². The van der Waals surface area contributed by atoms with Gasteiger partial charge in [0.15, 0.2) is 5.13 Å². The van der Waals surface area contributed by atoms with Crippen molar-refractivity contribution in [3.05, 3.63) is 53.5 Å². The number of nitrogens with zero attached hydrogens (tertiary/aromatic N) is 2. The summed E-state index contributed by atoms with van der Waals surface area (Å²) in [5, 5.41) is 11.4. The molecule has 2 N–H and O–H groups in total. The van der Waals surface area contributed by atoms with Crippen LogP contribution < -0.4 is 10.7 Å². The number of hydrazine groups is 1. The Bertz CT molecular complexity index is 825. The van der Waals surface area contributed by atoms with Crippen molar-refractivity contribution in [2.75, 3.05) is 18.4 Å². The summed E-state index contributed by atoms with van der Waals surface area (Å²) < 4.78 is 0. The highest BCUT2D eigenvalue weighted by Crippen LogP contribution is 2.28. The van der Waals surface area contributed by atoms with Gasteiger partial charge in [-0.05, 0) is 24.3 Å². The molecule has 1 heterocycles. The summed E-state index contributed by atoms with van der Waals surface area (Å²) in [6, 6.07) is 14.8. The van der Waals surface area contributed by atoms with Gasteiger partial charge in [-0.3, -0.25) is 5.43 Å². The fourth-order valence-corrected chi connectivity index (χ4v) is 3.77. The van der Waals surface area contributed by atoms with Gasteiger partial charge in [0, 0.05) is 29.5 Å². The van der Waals surface area contributed by atoms with E-state index in [0.717, 1.165) is 36.1 Å². The lowest BCUT2D eigenvalue weighted by Crippen LogP contribution is -2.38. The molecule has 0 bridgehead atoms. The van der Waals surface area contributed by atoms with Crippen LogP contribution in [0.2, 0.25) is 0 Å². The maximum absolute atomic E-state index is 4.81. The Labute approximate surface area is 166 Å². The lowest BCUT2D eigenvalue weighted by molar-refractivity contribution is 0.172. The first kappa shape index (κ1) is 19.8. The average molecular weight is 383 g/mol. The SMILES string of the molecule is CCCCNN(CCCC)Cc1csc(Nc2cccc3ccccc23)n1. The number of unbranched alkanes of at least 4 members (excludes halogenated alkanes) is 2. The summed E-state index contributed by atoms with van der Waals surface area (Å²) in [5.74, 6) is 0. The maximum atomic E-state index is 4.81. The van der Waals surface area contributed by atoms with Crippen molar-refractivity contribution in [2.45, 2.75) is 46.1 Å². The molecule has 27 heavy (non-hydrogen) atoms. The third-order valence-electron chi connectivity index (χ3n) is 4.58. The number of aromatic nitrogens is 1. The van der Waals surface area contributed by atoms with Gasteiger partial charge in [0.25, 0.3) is 0 Å². The standard InChI is InChI=1S/C22H30N4S/c1-3-5-14-23-26(15-6-4-2)16-19-17-27-22(24-19)25-21-13-9-11-18-10-7-8-12-20(18)21/h7-13,17,23H,3-6,14-16H2,1-2H3,(H,24,25).